The molecule has 2 aliphatic rings. The molecule has 10 heavy (non-hydrogen) atoms. The van der Waals surface area contributed by atoms with E-state index in [2.05, 4.69) is 12.6 Å². The lowest BCUT2D eigenvalue weighted by atomic mass is 10.0. The molecule has 0 N–H and O–H groups in total. The van der Waals surface area contributed by atoms with Crippen molar-refractivity contribution in [2.24, 2.45) is 0 Å². The van der Waals surface area contributed by atoms with E-state index in [9.17, 15) is 0 Å². The summed E-state index contributed by atoms with van der Waals surface area (Å²) in [5.41, 5.74) is 0. The average Bonchev–Trinajstić information content (AvgIpc) is 2.12. The van der Waals surface area contributed by atoms with Crippen LogP contribution in [0.1, 0.15) is 51.4 Å². The zero-order chi connectivity index (χ0) is 7.23. The standard InChI is InChI=1S/C5H10S.C4H8/c6-5-3-1-2-4-5;1-2-4-3-1/h5-6H,1-4H2;1-4H2. The number of hydrogen-bond acceptors (Lipinski definition) is 1. The van der Waals surface area contributed by atoms with Crippen molar-refractivity contribution in [1.82, 2.24) is 0 Å². The highest BCUT2D eigenvalue weighted by Crippen LogP contribution is 2.21. The Hall–Kier alpha value is 0.350. The van der Waals surface area contributed by atoms with E-state index in [0.29, 0.717) is 0 Å². The third kappa shape index (κ3) is 3.50. The second-order valence-electron chi connectivity index (χ2n) is 3.35. The van der Waals surface area contributed by atoms with Crippen LogP contribution in [0.4, 0.5) is 0 Å². The molecular formula is C9H18S. The Bertz CT molecular complexity index is 66.8. The van der Waals surface area contributed by atoms with Crippen molar-refractivity contribution in [2.45, 2.75) is 56.6 Å². The van der Waals surface area contributed by atoms with Crippen LogP contribution >= 0.6 is 12.6 Å². The molecule has 60 valence electrons. The molecule has 2 fully saturated rings. The van der Waals surface area contributed by atoms with Crippen LogP contribution in [0.15, 0.2) is 0 Å². The van der Waals surface area contributed by atoms with E-state index in [4.69, 9.17) is 0 Å². The highest BCUT2D eigenvalue weighted by Gasteiger charge is 2.08. The van der Waals surface area contributed by atoms with Gasteiger partial charge in [-0.1, -0.05) is 38.5 Å². The summed E-state index contributed by atoms with van der Waals surface area (Å²) in [5.74, 6) is 0. The van der Waals surface area contributed by atoms with Gasteiger partial charge in [0, 0.05) is 5.25 Å². The molecule has 0 radical (unpaired) electrons. The Morgan fingerprint density at radius 3 is 1.20 bits per heavy atom. The SMILES string of the molecule is C1CCC1.SC1CCCC1. The highest BCUT2D eigenvalue weighted by molar-refractivity contribution is 7.80. The van der Waals surface area contributed by atoms with Gasteiger partial charge in [-0.2, -0.15) is 12.6 Å². The molecule has 0 unspecified atom stereocenters. The summed E-state index contributed by atoms with van der Waals surface area (Å²) in [4.78, 5) is 0. The van der Waals surface area contributed by atoms with Crippen LogP contribution in [0, 0.1) is 0 Å². The Labute approximate surface area is 69.8 Å². The van der Waals surface area contributed by atoms with Gasteiger partial charge in [-0.15, -0.1) is 0 Å². The largest absolute Gasteiger partial charge is 0.176 e. The fourth-order valence-corrected chi connectivity index (χ4v) is 1.52. The van der Waals surface area contributed by atoms with Crippen LogP contribution in [0.2, 0.25) is 0 Å². The molecule has 0 nitrogen and oxygen atoms in total. The average molecular weight is 158 g/mol. The number of thiol groups is 1. The minimum Gasteiger partial charge on any atom is -0.176 e. The van der Waals surface area contributed by atoms with Gasteiger partial charge in [0.1, 0.15) is 0 Å². The third-order valence-corrected chi connectivity index (χ3v) is 2.84. The van der Waals surface area contributed by atoms with Gasteiger partial charge < -0.3 is 0 Å². The van der Waals surface area contributed by atoms with E-state index >= 15 is 0 Å². The molecule has 2 rings (SSSR count). The molecule has 2 aliphatic carbocycles. The third-order valence-electron chi connectivity index (χ3n) is 2.32. The molecule has 0 atom stereocenters. The lowest BCUT2D eigenvalue weighted by Crippen LogP contribution is -1.85. The van der Waals surface area contributed by atoms with Gasteiger partial charge in [-0.3, -0.25) is 0 Å². The van der Waals surface area contributed by atoms with Crippen molar-refractivity contribution in [1.29, 1.82) is 0 Å². The summed E-state index contributed by atoms with van der Waals surface area (Å²) in [6.07, 6.45) is 11.5. The molecule has 0 bridgehead atoms. The second-order valence-corrected chi connectivity index (χ2v) is 4.08. The van der Waals surface area contributed by atoms with Crippen molar-refractivity contribution >= 4 is 12.6 Å². The molecule has 1 heteroatoms. The summed E-state index contributed by atoms with van der Waals surface area (Å²) in [7, 11) is 0. The number of hydrogen-bond donors (Lipinski definition) is 1. The molecule has 0 aromatic carbocycles. The Morgan fingerprint density at radius 1 is 0.700 bits per heavy atom. The maximum absolute atomic E-state index is 4.29. The molecule has 0 heterocycles. The zero-order valence-corrected chi connectivity index (χ0v) is 7.58. The predicted molar refractivity (Wildman–Crippen MR) is 49.7 cm³/mol. The molecule has 0 saturated heterocycles. The van der Waals surface area contributed by atoms with E-state index in [1.54, 1.807) is 0 Å². The van der Waals surface area contributed by atoms with Gasteiger partial charge in [0.05, 0.1) is 0 Å². The van der Waals surface area contributed by atoms with Crippen molar-refractivity contribution in [3.63, 3.8) is 0 Å². The van der Waals surface area contributed by atoms with E-state index < -0.39 is 0 Å². The maximum Gasteiger partial charge on any atom is 0.00168 e. The van der Waals surface area contributed by atoms with Crippen LogP contribution in [-0.4, -0.2) is 5.25 Å². The lowest BCUT2D eigenvalue weighted by molar-refractivity contribution is 0.504. The second kappa shape index (κ2) is 5.06. The fraction of sp³-hybridized carbons (Fsp3) is 1.00. The molecular weight excluding hydrogens is 140 g/mol. The van der Waals surface area contributed by atoms with Gasteiger partial charge in [0.2, 0.25) is 0 Å². The Balaban J connectivity index is 0.000000108. The van der Waals surface area contributed by atoms with Crippen LogP contribution in [0.3, 0.4) is 0 Å². The Morgan fingerprint density at radius 2 is 1.10 bits per heavy atom. The minimum absolute atomic E-state index is 0.741. The summed E-state index contributed by atoms with van der Waals surface area (Å²) in [6, 6.07) is 0. The van der Waals surface area contributed by atoms with Gasteiger partial charge in [0.15, 0.2) is 0 Å². The summed E-state index contributed by atoms with van der Waals surface area (Å²) >= 11 is 4.29. The summed E-state index contributed by atoms with van der Waals surface area (Å²) in [6.45, 7) is 0. The summed E-state index contributed by atoms with van der Waals surface area (Å²) < 4.78 is 0. The van der Waals surface area contributed by atoms with Crippen molar-refractivity contribution in [3.05, 3.63) is 0 Å². The lowest BCUT2D eigenvalue weighted by Gasteiger charge is -2.05. The normalized spacial score (nSPS) is 24.9. The number of rotatable bonds is 0. The molecule has 0 aliphatic heterocycles. The summed E-state index contributed by atoms with van der Waals surface area (Å²) in [5, 5.41) is 0.741. The van der Waals surface area contributed by atoms with E-state index in [-0.39, 0.29) is 0 Å². The van der Waals surface area contributed by atoms with Crippen LogP contribution in [-0.2, 0) is 0 Å². The van der Waals surface area contributed by atoms with Crippen molar-refractivity contribution in [3.8, 4) is 0 Å². The van der Waals surface area contributed by atoms with Gasteiger partial charge >= 0.3 is 0 Å². The van der Waals surface area contributed by atoms with Crippen molar-refractivity contribution in [2.75, 3.05) is 0 Å². The smallest absolute Gasteiger partial charge is 0.00168 e. The first-order valence-corrected chi connectivity index (χ1v) is 5.09. The highest BCUT2D eigenvalue weighted by atomic mass is 32.1. The first-order valence-electron chi connectivity index (χ1n) is 4.57. The maximum atomic E-state index is 4.29. The molecule has 0 amide bonds. The first-order chi connectivity index (χ1) is 4.89. The van der Waals surface area contributed by atoms with Crippen LogP contribution < -0.4 is 0 Å². The molecule has 0 aromatic heterocycles. The quantitative estimate of drug-likeness (QED) is 0.513. The predicted octanol–water partition coefficient (Wildman–Crippen LogP) is 3.42. The van der Waals surface area contributed by atoms with Gasteiger partial charge in [-0.05, 0) is 12.8 Å². The molecule has 2 saturated carbocycles. The first kappa shape index (κ1) is 8.45. The monoisotopic (exact) mass is 158 g/mol. The fourth-order valence-electron chi connectivity index (χ4n) is 1.15. The van der Waals surface area contributed by atoms with E-state index in [1.165, 1.54) is 51.4 Å². The van der Waals surface area contributed by atoms with Crippen LogP contribution in [0.5, 0.6) is 0 Å². The Kier molecular flexibility index (Phi) is 4.27. The van der Waals surface area contributed by atoms with Gasteiger partial charge in [0.25, 0.3) is 0 Å². The van der Waals surface area contributed by atoms with Gasteiger partial charge in [-0.25, -0.2) is 0 Å². The van der Waals surface area contributed by atoms with E-state index in [1.807, 2.05) is 0 Å². The van der Waals surface area contributed by atoms with Crippen LogP contribution in [0.25, 0.3) is 0 Å². The van der Waals surface area contributed by atoms with E-state index in [0.717, 1.165) is 5.25 Å². The molecule has 0 spiro atoms. The van der Waals surface area contributed by atoms with Crippen molar-refractivity contribution < 1.29 is 0 Å². The topological polar surface area (TPSA) is 0 Å². The molecule has 0 aromatic rings. The minimum atomic E-state index is 0.741. The zero-order valence-electron chi connectivity index (χ0n) is 6.68.